The molecule has 0 spiro atoms. The molecule has 3 heterocycles. The SMILES string of the molecule is Cc1nnc(CSc2nnc(CN3CCCC3)n2-c2ccccc2)o1. The van der Waals surface area contributed by atoms with Crippen molar-refractivity contribution in [2.45, 2.75) is 37.2 Å². The highest BCUT2D eigenvalue weighted by Gasteiger charge is 2.19. The zero-order valence-electron chi connectivity index (χ0n) is 14.1. The lowest BCUT2D eigenvalue weighted by atomic mass is 10.3. The van der Waals surface area contributed by atoms with Gasteiger partial charge in [-0.25, -0.2) is 0 Å². The Hall–Kier alpha value is -2.19. The summed E-state index contributed by atoms with van der Waals surface area (Å²) in [6, 6.07) is 10.2. The molecular weight excluding hydrogens is 336 g/mol. The minimum Gasteiger partial charge on any atom is -0.425 e. The van der Waals surface area contributed by atoms with Gasteiger partial charge < -0.3 is 4.42 Å². The molecule has 2 aromatic heterocycles. The smallest absolute Gasteiger partial charge is 0.226 e. The molecule has 0 N–H and O–H groups in total. The molecule has 7 nitrogen and oxygen atoms in total. The summed E-state index contributed by atoms with van der Waals surface area (Å²) in [7, 11) is 0. The van der Waals surface area contributed by atoms with Crippen LogP contribution in [0.1, 0.15) is 30.4 Å². The van der Waals surface area contributed by atoms with Crippen molar-refractivity contribution < 1.29 is 4.42 Å². The number of thioether (sulfide) groups is 1. The average Bonchev–Trinajstić information content (AvgIpc) is 3.36. The molecule has 1 aromatic carbocycles. The second kappa shape index (κ2) is 7.37. The van der Waals surface area contributed by atoms with Gasteiger partial charge in [0, 0.05) is 12.6 Å². The quantitative estimate of drug-likeness (QED) is 0.629. The summed E-state index contributed by atoms with van der Waals surface area (Å²) >= 11 is 1.56. The summed E-state index contributed by atoms with van der Waals surface area (Å²) in [6.07, 6.45) is 2.52. The van der Waals surface area contributed by atoms with Gasteiger partial charge in [-0.05, 0) is 38.1 Å². The number of aromatic nitrogens is 5. The largest absolute Gasteiger partial charge is 0.425 e. The molecule has 0 amide bonds. The van der Waals surface area contributed by atoms with Crippen LogP contribution in [-0.4, -0.2) is 43.0 Å². The van der Waals surface area contributed by atoms with Gasteiger partial charge in [0.25, 0.3) is 0 Å². The first-order valence-corrected chi connectivity index (χ1v) is 9.42. The Bertz CT molecular complexity index is 825. The molecule has 0 atom stereocenters. The maximum atomic E-state index is 5.46. The molecule has 0 saturated carbocycles. The fraction of sp³-hybridized carbons (Fsp3) is 0.412. The summed E-state index contributed by atoms with van der Waals surface area (Å²) in [6.45, 7) is 4.88. The fourth-order valence-electron chi connectivity index (χ4n) is 3.00. The molecular formula is C17H20N6OS. The molecule has 1 fully saturated rings. The van der Waals surface area contributed by atoms with Crippen LogP contribution >= 0.6 is 11.8 Å². The fourth-order valence-corrected chi connectivity index (χ4v) is 3.80. The second-order valence-corrected chi connectivity index (χ2v) is 7.00. The Kier molecular flexibility index (Phi) is 4.80. The van der Waals surface area contributed by atoms with Crippen LogP contribution in [0.5, 0.6) is 0 Å². The van der Waals surface area contributed by atoms with E-state index in [1.807, 2.05) is 18.2 Å². The molecule has 0 unspecified atom stereocenters. The van der Waals surface area contributed by atoms with E-state index >= 15 is 0 Å². The monoisotopic (exact) mass is 356 g/mol. The lowest BCUT2D eigenvalue weighted by Crippen LogP contribution is -2.21. The number of nitrogens with zero attached hydrogens (tertiary/aromatic N) is 6. The first-order chi connectivity index (χ1) is 12.3. The van der Waals surface area contributed by atoms with Crippen molar-refractivity contribution in [1.82, 2.24) is 29.9 Å². The molecule has 1 saturated heterocycles. The highest BCUT2D eigenvalue weighted by molar-refractivity contribution is 7.98. The van der Waals surface area contributed by atoms with Crippen LogP contribution in [0, 0.1) is 6.92 Å². The van der Waals surface area contributed by atoms with Crippen molar-refractivity contribution in [3.8, 4) is 5.69 Å². The standard InChI is InChI=1S/C17H20N6OS/c1-13-18-20-16(24-13)12-25-17-21-19-15(11-22-9-5-6-10-22)23(17)14-7-3-2-4-8-14/h2-4,7-8H,5-6,9-12H2,1H3. The number of likely N-dealkylation sites (tertiary alicyclic amines) is 1. The van der Waals surface area contributed by atoms with Gasteiger partial charge in [-0.1, -0.05) is 30.0 Å². The van der Waals surface area contributed by atoms with Crippen molar-refractivity contribution in [2.75, 3.05) is 13.1 Å². The van der Waals surface area contributed by atoms with Crippen LogP contribution < -0.4 is 0 Å². The third-order valence-electron chi connectivity index (χ3n) is 4.17. The van der Waals surface area contributed by atoms with Crippen molar-refractivity contribution >= 4 is 11.8 Å². The number of para-hydroxylation sites is 1. The molecule has 1 aliphatic heterocycles. The maximum Gasteiger partial charge on any atom is 0.226 e. The maximum absolute atomic E-state index is 5.46. The molecule has 8 heteroatoms. The lowest BCUT2D eigenvalue weighted by molar-refractivity contribution is 0.319. The minimum absolute atomic E-state index is 0.579. The van der Waals surface area contributed by atoms with Crippen molar-refractivity contribution in [2.24, 2.45) is 0 Å². The number of hydrogen-bond donors (Lipinski definition) is 0. The molecule has 4 rings (SSSR count). The van der Waals surface area contributed by atoms with Crippen molar-refractivity contribution in [3.63, 3.8) is 0 Å². The Morgan fingerprint density at radius 1 is 1.04 bits per heavy atom. The zero-order valence-corrected chi connectivity index (χ0v) is 14.9. The summed E-state index contributed by atoms with van der Waals surface area (Å²) in [4.78, 5) is 2.43. The van der Waals surface area contributed by atoms with E-state index in [1.165, 1.54) is 12.8 Å². The first-order valence-electron chi connectivity index (χ1n) is 8.43. The van der Waals surface area contributed by atoms with Crippen LogP contribution in [0.4, 0.5) is 0 Å². The summed E-state index contributed by atoms with van der Waals surface area (Å²) in [5.41, 5.74) is 1.07. The van der Waals surface area contributed by atoms with Crippen LogP contribution in [0.15, 0.2) is 39.9 Å². The van der Waals surface area contributed by atoms with Gasteiger partial charge in [0.15, 0.2) is 11.0 Å². The molecule has 3 aromatic rings. The Morgan fingerprint density at radius 3 is 2.56 bits per heavy atom. The van der Waals surface area contributed by atoms with E-state index in [0.29, 0.717) is 17.5 Å². The predicted molar refractivity (Wildman–Crippen MR) is 94.5 cm³/mol. The van der Waals surface area contributed by atoms with Crippen molar-refractivity contribution in [1.29, 1.82) is 0 Å². The van der Waals surface area contributed by atoms with E-state index in [1.54, 1.807) is 18.7 Å². The summed E-state index contributed by atoms with van der Waals surface area (Å²) < 4.78 is 7.59. The van der Waals surface area contributed by atoms with Gasteiger partial charge in [0.05, 0.1) is 12.3 Å². The third kappa shape index (κ3) is 3.74. The minimum atomic E-state index is 0.579. The topological polar surface area (TPSA) is 72.9 Å². The Morgan fingerprint density at radius 2 is 1.84 bits per heavy atom. The molecule has 25 heavy (non-hydrogen) atoms. The highest BCUT2D eigenvalue weighted by atomic mass is 32.2. The highest BCUT2D eigenvalue weighted by Crippen LogP contribution is 2.26. The van der Waals surface area contributed by atoms with Gasteiger partial charge >= 0.3 is 0 Å². The Labute approximate surface area is 150 Å². The van der Waals surface area contributed by atoms with E-state index in [-0.39, 0.29) is 0 Å². The van der Waals surface area contributed by atoms with E-state index in [2.05, 4.69) is 42.0 Å². The van der Waals surface area contributed by atoms with Crippen LogP contribution in [0.25, 0.3) is 5.69 Å². The van der Waals surface area contributed by atoms with Gasteiger partial charge in [0.2, 0.25) is 11.8 Å². The molecule has 130 valence electrons. The van der Waals surface area contributed by atoms with E-state index in [0.717, 1.165) is 36.3 Å². The normalized spacial score (nSPS) is 15.1. The number of rotatable bonds is 6. The van der Waals surface area contributed by atoms with Crippen LogP contribution in [0.3, 0.4) is 0 Å². The number of aryl methyl sites for hydroxylation is 1. The first kappa shape index (κ1) is 16.3. The van der Waals surface area contributed by atoms with Crippen LogP contribution in [-0.2, 0) is 12.3 Å². The summed E-state index contributed by atoms with van der Waals surface area (Å²) in [5, 5.41) is 17.6. The van der Waals surface area contributed by atoms with Gasteiger partial charge in [-0.15, -0.1) is 20.4 Å². The molecule has 0 aliphatic carbocycles. The zero-order chi connectivity index (χ0) is 17.1. The number of benzene rings is 1. The molecule has 0 radical (unpaired) electrons. The average molecular weight is 356 g/mol. The van der Waals surface area contributed by atoms with E-state index < -0.39 is 0 Å². The van der Waals surface area contributed by atoms with Gasteiger partial charge in [-0.3, -0.25) is 9.47 Å². The molecule has 1 aliphatic rings. The Balaban J connectivity index is 1.60. The van der Waals surface area contributed by atoms with Gasteiger partial charge in [0.1, 0.15) is 0 Å². The summed E-state index contributed by atoms with van der Waals surface area (Å²) in [5.74, 6) is 2.73. The van der Waals surface area contributed by atoms with Gasteiger partial charge in [-0.2, -0.15) is 0 Å². The van der Waals surface area contributed by atoms with Crippen LogP contribution in [0.2, 0.25) is 0 Å². The van der Waals surface area contributed by atoms with E-state index in [9.17, 15) is 0 Å². The second-order valence-electron chi connectivity index (χ2n) is 6.06. The van der Waals surface area contributed by atoms with Crippen molar-refractivity contribution in [3.05, 3.63) is 47.9 Å². The third-order valence-corrected chi connectivity index (χ3v) is 5.08. The lowest BCUT2D eigenvalue weighted by Gasteiger charge is -2.15. The number of hydrogen-bond acceptors (Lipinski definition) is 7. The molecule has 0 bridgehead atoms. The van der Waals surface area contributed by atoms with E-state index in [4.69, 9.17) is 4.42 Å². The predicted octanol–water partition coefficient (Wildman–Crippen LogP) is 2.85.